The van der Waals surface area contributed by atoms with Gasteiger partial charge in [-0.2, -0.15) is 0 Å². The van der Waals surface area contributed by atoms with Crippen LogP contribution < -0.4 is 20.3 Å². The number of ether oxygens (including phenoxy) is 1. The van der Waals surface area contributed by atoms with Crippen molar-refractivity contribution in [1.82, 2.24) is 10.2 Å². The van der Waals surface area contributed by atoms with E-state index < -0.39 is 0 Å². The molecule has 0 bridgehead atoms. The molecule has 5 nitrogen and oxygen atoms in total. The number of rotatable bonds is 6. The maximum atomic E-state index is 5.62. The standard InChI is InChI=1S/C21H28N4OS/c1-3-26-20-7-5-4-6-19(20)23-21(27)22-16-17-8-10-18(11-9-17)25-14-12-24(2)13-15-25/h4-11H,3,12-16H2,1-2H3,(H2,22,23,27). The van der Waals surface area contributed by atoms with E-state index in [2.05, 4.69) is 51.7 Å². The van der Waals surface area contributed by atoms with Gasteiger partial charge < -0.3 is 25.2 Å². The SMILES string of the molecule is CCOc1ccccc1NC(=S)NCc1ccc(N2CCN(C)CC2)cc1. The van der Waals surface area contributed by atoms with Gasteiger partial charge in [0.1, 0.15) is 5.75 Å². The van der Waals surface area contributed by atoms with Crippen molar-refractivity contribution in [1.29, 1.82) is 0 Å². The van der Waals surface area contributed by atoms with Crippen molar-refractivity contribution >= 4 is 28.7 Å². The molecule has 0 aromatic heterocycles. The summed E-state index contributed by atoms with van der Waals surface area (Å²) in [4.78, 5) is 4.81. The van der Waals surface area contributed by atoms with Crippen molar-refractivity contribution < 1.29 is 4.74 Å². The highest BCUT2D eigenvalue weighted by Crippen LogP contribution is 2.23. The molecule has 0 amide bonds. The van der Waals surface area contributed by atoms with E-state index in [0.29, 0.717) is 18.3 Å². The minimum atomic E-state index is 0.588. The van der Waals surface area contributed by atoms with Crippen molar-refractivity contribution in [3.63, 3.8) is 0 Å². The largest absolute Gasteiger partial charge is 0.492 e. The van der Waals surface area contributed by atoms with Gasteiger partial charge in [0, 0.05) is 38.4 Å². The second-order valence-corrected chi connectivity index (χ2v) is 7.10. The summed E-state index contributed by atoms with van der Waals surface area (Å²) in [5.74, 6) is 0.806. The molecule has 1 saturated heterocycles. The van der Waals surface area contributed by atoms with Crippen LogP contribution >= 0.6 is 12.2 Å². The van der Waals surface area contributed by atoms with Crippen LogP contribution in [0.25, 0.3) is 0 Å². The molecule has 1 aliphatic rings. The first kappa shape index (κ1) is 19.5. The van der Waals surface area contributed by atoms with Gasteiger partial charge in [-0.25, -0.2) is 0 Å². The normalized spacial score (nSPS) is 14.7. The molecule has 1 fully saturated rings. The number of nitrogens with one attached hydrogen (secondary N) is 2. The van der Waals surface area contributed by atoms with Gasteiger partial charge in [0.2, 0.25) is 0 Å². The summed E-state index contributed by atoms with van der Waals surface area (Å²) in [5.41, 5.74) is 3.37. The van der Waals surface area contributed by atoms with Crippen LogP contribution in [0.4, 0.5) is 11.4 Å². The molecule has 1 heterocycles. The van der Waals surface area contributed by atoms with Gasteiger partial charge in [-0.3, -0.25) is 0 Å². The Morgan fingerprint density at radius 1 is 1.04 bits per heavy atom. The van der Waals surface area contributed by atoms with Crippen molar-refractivity contribution in [3.8, 4) is 5.75 Å². The number of likely N-dealkylation sites (N-methyl/N-ethyl adjacent to an activating group) is 1. The molecule has 144 valence electrons. The number of hydrogen-bond donors (Lipinski definition) is 2. The Morgan fingerprint density at radius 2 is 1.74 bits per heavy atom. The Morgan fingerprint density at radius 3 is 2.44 bits per heavy atom. The molecule has 0 radical (unpaired) electrons. The molecular weight excluding hydrogens is 356 g/mol. The van der Waals surface area contributed by atoms with Gasteiger partial charge in [0.05, 0.1) is 12.3 Å². The molecular formula is C21H28N4OS. The summed E-state index contributed by atoms with van der Waals surface area (Å²) in [6.45, 7) is 7.69. The van der Waals surface area contributed by atoms with Crippen LogP contribution in [-0.4, -0.2) is 49.8 Å². The van der Waals surface area contributed by atoms with Gasteiger partial charge in [0.15, 0.2) is 5.11 Å². The fourth-order valence-electron chi connectivity index (χ4n) is 3.09. The number of hydrogen-bond acceptors (Lipinski definition) is 4. The van der Waals surface area contributed by atoms with Gasteiger partial charge in [-0.1, -0.05) is 24.3 Å². The predicted octanol–water partition coefficient (Wildman–Crippen LogP) is 3.32. The van der Waals surface area contributed by atoms with Gasteiger partial charge >= 0.3 is 0 Å². The molecule has 3 rings (SSSR count). The molecule has 27 heavy (non-hydrogen) atoms. The fraction of sp³-hybridized carbons (Fsp3) is 0.381. The molecule has 0 spiro atoms. The average Bonchev–Trinajstić information content (AvgIpc) is 2.69. The molecule has 0 saturated carbocycles. The second kappa shape index (κ2) is 9.58. The van der Waals surface area contributed by atoms with E-state index in [0.717, 1.165) is 37.6 Å². The van der Waals surface area contributed by atoms with E-state index in [1.807, 2.05) is 31.2 Å². The molecule has 0 unspecified atom stereocenters. The highest BCUT2D eigenvalue weighted by atomic mass is 32.1. The third-order valence-electron chi connectivity index (χ3n) is 4.69. The van der Waals surface area contributed by atoms with Crippen molar-refractivity contribution in [2.45, 2.75) is 13.5 Å². The number of thiocarbonyl (C=S) groups is 1. The van der Waals surface area contributed by atoms with E-state index >= 15 is 0 Å². The lowest BCUT2D eigenvalue weighted by Crippen LogP contribution is -2.44. The average molecular weight is 385 g/mol. The smallest absolute Gasteiger partial charge is 0.171 e. The van der Waals surface area contributed by atoms with Crippen LogP contribution in [-0.2, 0) is 6.54 Å². The van der Waals surface area contributed by atoms with Crippen LogP contribution in [0.2, 0.25) is 0 Å². The van der Waals surface area contributed by atoms with Crippen molar-refractivity contribution in [3.05, 3.63) is 54.1 Å². The van der Waals surface area contributed by atoms with E-state index in [1.165, 1.54) is 11.3 Å². The van der Waals surface area contributed by atoms with E-state index in [-0.39, 0.29) is 0 Å². The number of benzene rings is 2. The zero-order valence-electron chi connectivity index (χ0n) is 16.1. The van der Waals surface area contributed by atoms with E-state index in [1.54, 1.807) is 0 Å². The van der Waals surface area contributed by atoms with Gasteiger partial charge in [-0.05, 0) is 56.0 Å². The third-order valence-corrected chi connectivity index (χ3v) is 4.94. The Kier molecular flexibility index (Phi) is 6.90. The van der Waals surface area contributed by atoms with Gasteiger partial charge in [-0.15, -0.1) is 0 Å². The van der Waals surface area contributed by atoms with Crippen molar-refractivity contribution in [2.24, 2.45) is 0 Å². The monoisotopic (exact) mass is 384 g/mol. The summed E-state index contributed by atoms with van der Waals surface area (Å²) in [6, 6.07) is 16.5. The minimum Gasteiger partial charge on any atom is -0.492 e. The third kappa shape index (κ3) is 5.58. The van der Waals surface area contributed by atoms with Crippen LogP contribution in [0.5, 0.6) is 5.75 Å². The first-order valence-corrected chi connectivity index (χ1v) is 9.85. The summed E-state index contributed by atoms with van der Waals surface area (Å²) in [6.07, 6.45) is 0. The molecule has 2 aromatic carbocycles. The molecule has 2 aromatic rings. The van der Waals surface area contributed by atoms with E-state index in [9.17, 15) is 0 Å². The maximum Gasteiger partial charge on any atom is 0.171 e. The number of anilines is 2. The zero-order valence-corrected chi connectivity index (χ0v) is 16.9. The van der Waals surface area contributed by atoms with Crippen LogP contribution in [0, 0.1) is 0 Å². The predicted molar refractivity (Wildman–Crippen MR) is 117 cm³/mol. The van der Waals surface area contributed by atoms with Crippen LogP contribution in [0.3, 0.4) is 0 Å². The Labute approximate surface area is 167 Å². The maximum absolute atomic E-state index is 5.62. The Hall–Kier alpha value is -2.31. The summed E-state index contributed by atoms with van der Waals surface area (Å²) in [7, 11) is 2.18. The zero-order chi connectivity index (χ0) is 19.1. The molecule has 2 N–H and O–H groups in total. The first-order valence-electron chi connectivity index (χ1n) is 9.45. The minimum absolute atomic E-state index is 0.588. The van der Waals surface area contributed by atoms with Crippen LogP contribution in [0.1, 0.15) is 12.5 Å². The lowest BCUT2D eigenvalue weighted by molar-refractivity contribution is 0.313. The summed E-state index contributed by atoms with van der Waals surface area (Å²) < 4.78 is 5.62. The first-order chi connectivity index (χ1) is 13.2. The number of piperazine rings is 1. The number of nitrogens with zero attached hydrogens (tertiary/aromatic N) is 2. The van der Waals surface area contributed by atoms with E-state index in [4.69, 9.17) is 17.0 Å². The molecule has 1 aliphatic heterocycles. The fourth-order valence-corrected chi connectivity index (χ4v) is 3.27. The quantitative estimate of drug-likeness (QED) is 0.745. The molecule has 6 heteroatoms. The summed E-state index contributed by atoms with van der Waals surface area (Å²) >= 11 is 5.43. The Balaban J connectivity index is 1.50. The second-order valence-electron chi connectivity index (χ2n) is 6.69. The van der Waals surface area contributed by atoms with Crippen LogP contribution in [0.15, 0.2) is 48.5 Å². The highest BCUT2D eigenvalue weighted by molar-refractivity contribution is 7.80. The summed E-state index contributed by atoms with van der Waals surface area (Å²) in [5, 5.41) is 7.07. The topological polar surface area (TPSA) is 39.8 Å². The Bertz CT molecular complexity index is 742. The molecule has 0 aliphatic carbocycles. The number of para-hydroxylation sites is 2. The lowest BCUT2D eigenvalue weighted by Gasteiger charge is -2.34. The van der Waals surface area contributed by atoms with Crippen molar-refractivity contribution in [2.75, 3.05) is 50.1 Å². The highest BCUT2D eigenvalue weighted by Gasteiger charge is 2.14. The van der Waals surface area contributed by atoms with Gasteiger partial charge in [0.25, 0.3) is 0 Å². The lowest BCUT2D eigenvalue weighted by atomic mass is 10.2. The molecule has 0 atom stereocenters.